The minimum absolute atomic E-state index is 0.405. The number of carbonyl (C=O) groups excluding carboxylic acids is 1. The molecule has 1 unspecified atom stereocenters. The topological polar surface area (TPSA) is 29.1 Å². The Hall–Kier alpha value is -0.370. The SMILES string of the molecule is CCCC(=O)CCC(C)NCC. The highest BCUT2D eigenvalue weighted by molar-refractivity contribution is 5.78. The number of hydrogen-bond acceptors (Lipinski definition) is 2. The third-order valence-corrected chi connectivity index (χ3v) is 1.94. The van der Waals surface area contributed by atoms with Crippen LogP contribution in [0.5, 0.6) is 0 Å². The van der Waals surface area contributed by atoms with Gasteiger partial charge in [0.2, 0.25) is 0 Å². The molecule has 0 fully saturated rings. The molecule has 0 aliphatic rings. The molecule has 0 aliphatic heterocycles. The Bertz CT molecular complexity index is 123. The molecule has 2 nitrogen and oxygen atoms in total. The van der Waals surface area contributed by atoms with Gasteiger partial charge in [0.25, 0.3) is 0 Å². The van der Waals surface area contributed by atoms with Crippen molar-refractivity contribution < 1.29 is 4.79 Å². The van der Waals surface area contributed by atoms with Gasteiger partial charge in [-0.2, -0.15) is 0 Å². The van der Waals surface area contributed by atoms with E-state index in [9.17, 15) is 4.79 Å². The van der Waals surface area contributed by atoms with Crippen molar-refractivity contribution in [3.63, 3.8) is 0 Å². The normalized spacial score (nSPS) is 12.9. The molecule has 0 amide bonds. The third-order valence-electron chi connectivity index (χ3n) is 1.94. The molecule has 0 aliphatic carbocycles. The van der Waals surface area contributed by atoms with E-state index in [-0.39, 0.29) is 0 Å². The zero-order chi connectivity index (χ0) is 9.40. The highest BCUT2D eigenvalue weighted by Gasteiger charge is 2.04. The summed E-state index contributed by atoms with van der Waals surface area (Å²) in [6.45, 7) is 7.25. The van der Waals surface area contributed by atoms with Crippen molar-refractivity contribution in [2.45, 2.75) is 52.5 Å². The summed E-state index contributed by atoms with van der Waals surface area (Å²) in [5.74, 6) is 0.405. The Morgan fingerprint density at radius 2 is 2.00 bits per heavy atom. The van der Waals surface area contributed by atoms with E-state index in [0.29, 0.717) is 11.8 Å². The van der Waals surface area contributed by atoms with Crippen molar-refractivity contribution in [1.82, 2.24) is 5.32 Å². The largest absolute Gasteiger partial charge is 0.315 e. The van der Waals surface area contributed by atoms with Gasteiger partial charge < -0.3 is 5.32 Å². The highest BCUT2D eigenvalue weighted by Crippen LogP contribution is 2.01. The van der Waals surface area contributed by atoms with Gasteiger partial charge in [-0.25, -0.2) is 0 Å². The van der Waals surface area contributed by atoms with Gasteiger partial charge in [-0.3, -0.25) is 4.79 Å². The lowest BCUT2D eigenvalue weighted by Crippen LogP contribution is -2.26. The van der Waals surface area contributed by atoms with Gasteiger partial charge in [-0.15, -0.1) is 0 Å². The number of hydrogen-bond donors (Lipinski definition) is 1. The van der Waals surface area contributed by atoms with Crippen LogP contribution in [0.1, 0.15) is 46.5 Å². The maximum atomic E-state index is 11.1. The summed E-state index contributed by atoms with van der Waals surface area (Å²) in [5, 5.41) is 3.29. The predicted molar refractivity (Wildman–Crippen MR) is 52.3 cm³/mol. The molecule has 0 aromatic carbocycles. The van der Waals surface area contributed by atoms with E-state index in [1.54, 1.807) is 0 Å². The second-order valence-electron chi connectivity index (χ2n) is 3.29. The molecule has 2 heteroatoms. The molecule has 0 spiro atoms. The smallest absolute Gasteiger partial charge is 0.132 e. The summed E-state index contributed by atoms with van der Waals surface area (Å²) >= 11 is 0. The van der Waals surface area contributed by atoms with Crippen LogP contribution in [0.2, 0.25) is 0 Å². The van der Waals surface area contributed by atoms with Crippen LogP contribution < -0.4 is 5.32 Å². The Labute approximate surface area is 75.7 Å². The fraction of sp³-hybridized carbons (Fsp3) is 0.900. The molecule has 1 atom stereocenters. The standard InChI is InChI=1S/C10H21NO/c1-4-6-10(12)8-7-9(3)11-5-2/h9,11H,4-8H2,1-3H3. The molecule has 12 heavy (non-hydrogen) atoms. The van der Waals surface area contributed by atoms with Crippen molar-refractivity contribution in [3.8, 4) is 0 Å². The number of ketones is 1. The molecule has 0 heterocycles. The maximum absolute atomic E-state index is 11.1. The fourth-order valence-corrected chi connectivity index (χ4v) is 1.23. The van der Waals surface area contributed by atoms with Crippen LogP contribution in [0.3, 0.4) is 0 Å². The third kappa shape index (κ3) is 6.35. The molecule has 0 aromatic heterocycles. The zero-order valence-corrected chi connectivity index (χ0v) is 8.52. The van der Waals surface area contributed by atoms with E-state index in [2.05, 4.69) is 19.2 Å². The molecule has 0 rings (SSSR count). The van der Waals surface area contributed by atoms with Crippen LogP contribution in [0.15, 0.2) is 0 Å². The first-order chi connectivity index (χ1) is 5.70. The van der Waals surface area contributed by atoms with Crippen molar-refractivity contribution in [3.05, 3.63) is 0 Å². The fourth-order valence-electron chi connectivity index (χ4n) is 1.23. The Morgan fingerprint density at radius 3 is 2.50 bits per heavy atom. The second kappa shape index (κ2) is 7.29. The number of nitrogens with one attached hydrogen (secondary N) is 1. The quantitative estimate of drug-likeness (QED) is 0.636. The predicted octanol–water partition coefficient (Wildman–Crippen LogP) is 2.13. The van der Waals surface area contributed by atoms with Crippen LogP contribution in [-0.2, 0) is 4.79 Å². The highest BCUT2D eigenvalue weighted by atomic mass is 16.1. The zero-order valence-electron chi connectivity index (χ0n) is 8.52. The number of Topliss-reactive ketones (excluding diaryl/α,β-unsaturated/α-hetero) is 1. The van der Waals surface area contributed by atoms with Crippen LogP contribution in [0.4, 0.5) is 0 Å². The summed E-state index contributed by atoms with van der Waals surface area (Å²) in [4.78, 5) is 11.1. The summed E-state index contributed by atoms with van der Waals surface area (Å²) in [6, 6.07) is 0.482. The van der Waals surface area contributed by atoms with Gasteiger partial charge in [0.1, 0.15) is 5.78 Å². The van der Waals surface area contributed by atoms with Crippen molar-refractivity contribution >= 4 is 5.78 Å². The second-order valence-corrected chi connectivity index (χ2v) is 3.29. The molecule has 0 saturated heterocycles. The van der Waals surface area contributed by atoms with Gasteiger partial charge in [0.15, 0.2) is 0 Å². The number of carbonyl (C=O) groups is 1. The van der Waals surface area contributed by atoms with Gasteiger partial charge in [0, 0.05) is 18.9 Å². The van der Waals surface area contributed by atoms with Crippen LogP contribution >= 0.6 is 0 Å². The Balaban J connectivity index is 3.33. The lowest BCUT2D eigenvalue weighted by Gasteiger charge is -2.10. The minimum atomic E-state index is 0.405. The average molecular weight is 171 g/mol. The molecule has 72 valence electrons. The van der Waals surface area contributed by atoms with Gasteiger partial charge >= 0.3 is 0 Å². The van der Waals surface area contributed by atoms with Crippen LogP contribution in [-0.4, -0.2) is 18.4 Å². The Kier molecular flexibility index (Phi) is 7.06. The molecule has 1 N–H and O–H groups in total. The monoisotopic (exact) mass is 171 g/mol. The van der Waals surface area contributed by atoms with Crippen LogP contribution in [0, 0.1) is 0 Å². The lowest BCUT2D eigenvalue weighted by molar-refractivity contribution is -0.119. The van der Waals surface area contributed by atoms with E-state index >= 15 is 0 Å². The molecule has 0 aromatic rings. The van der Waals surface area contributed by atoms with E-state index in [4.69, 9.17) is 0 Å². The van der Waals surface area contributed by atoms with Crippen LogP contribution in [0.25, 0.3) is 0 Å². The van der Waals surface area contributed by atoms with Crippen molar-refractivity contribution in [1.29, 1.82) is 0 Å². The Morgan fingerprint density at radius 1 is 1.33 bits per heavy atom. The average Bonchev–Trinajstić information content (AvgIpc) is 2.02. The first kappa shape index (κ1) is 11.6. The molecule has 0 bridgehead atoms. The first-order valence-corrected chi connectivity index (χ1v) is 4.95. The van der Waals surface area contributed by atoms with E-state index < -0.39 is 0 Å². The molecular weight excluding hydrogens is 150 g/mol. The molecular formula is C10H21NO. The van der Waals surface area contributed by atoms with Gasteiger partial charge in [0.05, 0.1) is 0 Å². The lowest BCUT2D eigenvalue weighted by atomic mass is 10.1. The summed E-state index contributed by atoms with van der Waals surface area (Å²) in [6.07, 6.45) is 3.45. The minimum Gasteiger partial charge on any atom is -0.315 e. The summed E-state index contributed by atoms with van der Waals surface area (Å²) in [7, 11) is 0. The maximum Gasteiger partial charge on any atom is 0.132 e. The van der Waals surface area contributed by atoms with E-state index in [0.717, 1.165) is 32.2 Å². The first-order valence-electron chi connectivity index (χ1n) is 4.95. The summed E-state index contributed by atoms with van der Waals surface area (Å²) in [5.41, 5.74) is 0. The number of rotatable bonds is 7. The van der Waals surface area contributed by atoms with Crippen molar-refractivity contribution in [2.75, 3.05) is 6.54 Å². The van der Waals surface area contributed by atoms with E-state index in [1.165, 1.54) is 0 Å². The molecule has 0 saturated carbocycles. The molecule has 0 radical (unpaired) electrons. The van der Waals surface area contributed by atoms with Crippen molar-refractivity contribution in [2.24, 2.45) is 0 Å². The van der Waals surface area contributed by atoms with Gasteiger partial charge in [-0.05, 0) is 26.3 Å². The van der Waals surface area contributed by atoms with E-state index in [1.807, 2.05) is 6.92 Å². The van der Waals surface area contributed by atoms with Gasteiger partial charge in [-0.1, -0.05) is 13.8 Å². The summed E-state index contributed by atoms with van der Waals surface area (Å²) < 4.78 is 0.